The molecule has 0 saturated heterocycles. The van der Waals surface area contributed by atoms with Crippen LogP contribution in [0.3, 0.4) is 0 Å². The maximum atomic E-state index is 12.8. The quantitative estimate of drug-likeness (QED) is 0.595. The highest BCUT2D eigenvalue weighted by Gasteiger charge is 2.02. The predicted molar refractivity (Wildman–Crippen MR) is 51.8 cm³/mol. The van der Waals surface area contributed by atoms with Crippen LogP contribution in [0.15, 0.2) is 24.3 Å². The van der Waals surface area contributed by atoms with Gasteiger partial charge in [0.1, 0.15) is 5.82 Å². The molecular formula is C11H17F. The predicted octanol–water partition coefficient (Wildman–Crippen LogP) is 3.98. The van der Waals surface area contributed by atoms with Gasteiger partial charge in [-0.3, -0.25) is 0 Å². The van der Waals surface area contributed by atoms with Crippen LogP contribution >= 0.6 is 0 Å². The average Bonchev–Trinajstić information content (AvgIpc) is 2.08. The number of halogens is 1. The first-order valence-electron chi connectivity index (χ1n) is 4.46. The van der Waals surface area contributed by atoms with Gasteiger partial charge in [0.05, 0.1) is 0 Å². The second-order valence-electron chi connectivity index (χ2n) is 2.68. The fourth-order valence-electron chi connectivity index (χ4n) is 0.943. The van der Waals surface area contributed by atoms with E-state index < -0.39 is 0 Å². The summed E-state index contributed by atoms with van der Waals surface area (Å²) in [5.74, 6) is 0.179. The minimum atomic E-state index is -0.0995. The second-order valence-corrected chi connectivity index (χ2v) is 2.68. The Labute approximate surface area is 74.4 Å². The smallest absolute Gasteiger partial charge is 0.126 e. The first kappa shape index (κ1) is 11.2. The van der Waals surface area contributed by atoms with Gasteiger partial charge in [0.15, 0.2) is 0 Å². The first-order valence-corrected chi connectivity index (χ1v) is 4.46. The Morgan fingerprint density at radius 2 is 1.58 bits per heavy atom. The summed E-state index contributed by atoms with van der Waals surface area (Å²) in [4.78, 5) is 0. The number of hydrogen-bond acceptors (Lipinski definition) is 0. The molecule has 0 radical (unpaired) electrons. The van der Waals surface area contributed by atoms with Gasteiger partial charge in [0, 0.05) is 0 Å². The molecule has 0 aromatic heterocycles. The molecule has 1 heteroatoms. The van der Waals surface area contributed by atoms with Crippen LogP contribution in [0.4, 0.5) is 4.39 Å². The van der Waals surface area contributed by atoms with Gasteiger partial charge < -0.3 is 0 Å². The van der Waals surface area contributed by atoms with Crippen molar-refractivity contribution < 1.29 is 4.39 Å². The van der Waals surface area contributed by atoms with Crippen molar-refractivity contribution in [1.29, 1.82) is 0 Å². The highest BCUT2D eigenvalue weighted by atomic mass is 19.1. The van der Waals surface area contributed by atoms with Crippen molar-refractivity contribution >= 4 is 0 Å². The van der Waals surface area contributed by atoms with E-state index in [0.29, 0.717) is 0 Å². The van der Waals surface area contributed by atoms with Gasteiger partial charge in [-0.2, -0.15) is 0 Å². The molecule has 12 heavy (non-hydrogen) atoms. The Balaban J connectivity index is 0.000000561. The molecule has 1 aromatic carbocycles. The lowest BCUT2D eigenvalue weighted by Gasteiger charge is -2.04. The van der Waals surface area contributed by atoms with E-state index in [4.69, 9.17) is 0 Å². The summed E-state index contributed by atoms with van der Waals surface area (Å²) in [6, 6.07) is 6.88. The van der Waals surface area contributed by atoms with E-state index in [0.717, 1.165) is 5.56 Å². The minimum Gasteiger partial charge on any atom is -0.207 e. The van der Waals surface area contributed by atoms with Crippen molar-refractivity contribution in [3.8, 4) is 0 Å². The molecule has 0 unspecified atom stereocenters. The highest BCUT2D eigenvalue weighted by Crippen LogP contribution is 2.16. The van der Waals surface area contributed by atoms with Crippen LogP contribution in [0.2, 0.25) is 0 Å². The molecule has 0 aliphatic carbocycles. The summed E-state index contributed by atoms with van der Waals surface area (Å²) < 4.78 is 12.8. The zero-order valence-electron chi connectivity index (χ0n) is 8.26. The van der Waals surface area contributed by atoms with E-state index in [2.05, 4.69) is 0 Å². The molecule has 1 aromatic rings. The van der Waals surface area contributed by atoms with E-state index >= 15 is 0 Å². The van der Waals surface area contributed by atoms with E-state index in [-0.39, 0.29) is 11.7 Å². The number of rotatable bonds is 1. The molecule has 0 aliphatic rings. The zero-order chi connectivity index (χ0) is 9.56. The third-order valence-corrected chi connectivity index (χ3v) is 1.53. The van der Waals surface area contributed by atoms with Crippen LogP contribution in [0.1, 0.15) is 39.2 Å². The topological polar surface area (TPSA) is 0 Å². The number of benzene rings is 1. The lowest BCUT2D eigenvalue weighted by Crippen LogP contribution is -1.90. The SMILES string of the molecule is CC.CC(C)c1ccccc1F. The summed E-state index contributed by atoms with van der Waals surface area (Å²) in [5, 5.41) is 0. The Hall–Kier alpha value is -0.850. The normalized spacial score (nSPS) is 9.17. The molecule has 0 nitrogen and oxygen atoms in total. The van der Waals surface area contributed by atoms with Gasteiger partial charge in [-0.25, -0.2) is 4.39 Å². The van der Waals surface area contributed by atoms with Crippen molar-refractivity contribution in [2.24, 2.45) is 0 Å². The van der Waals surface area contributed by atoms with Gasteiger partial charge in [0.25, 0.3) is 0 Å². The molecule has 68 valence electrons. The molecule has 0 atom stereocenters. The first-order chi connectivity index (χ1) is 5.72. The summed E-state index contributed by atoms with van der Waals surface area (Å²) in [7, 11) is 0. The van der Waals surface area contributed by atoms with Crippen LogP contribution < -0.4 is 0 Å². The molecule has 1 rings (SSSR count). The molecule has 0 amide bonds. The lowest BCUT2D eigenvalue weighted by atomic mass is 10.0. The fourth-order valence-corrected chi connectivity index (χ4v) is 0.943. The maximum Gasteiger partial charge on any atom is 0.126 e. The van der Waals surface area contributed by atoms with Crippen molar-refractivity contribution in [3.63, 3.8) is 0 Å². The van der Waals surface area contributed by atoms with Crippen LogP contribution in [0, 0.1) is 5.82 Å². The lowest BCUT2D eigenvalue weighted by molar-refractivity contribution is 0.598. The molecule has 0 saturated carbocycles. The molecule has 0 aliphatic heterocycles. The summed E-state index contributed by atoms with van der Waals surface area (Å²) in [5.41, 5.74) is 0.794. The highest BCUT2D eigenvalue weighted by molar-refractivity contribution is 5.20. The van der Waals surface area contributed by atoms with Crippen LogP contribution in [0.25, 0.3) is 0 Å². The van der Waals surface area contributed by atoms with Crippen molar-refractivity contribution in [2.75, 3.05) is 0 Å². The Kier molecular flexibility index (Phi) is 5.35. The van der Waals surface area contributed by atoms with Crippen molar-refractivity contribution in [3.05, 3.63) is 35.6 Å². The van der Waals surface area contributed by atoms with E-state index in [1.165, 1.54) is 6.07 Å². The Bertz CT molecular complexity index is 216. The molecule has 0 spiro atoms. The van der Waals surface area contributed by atoms with E-state index in [1.54, 1.807) is 6.07 Å². The van der Waals surface area contributed by atoms with Crippen molar-refractivity contribution in [2.45, 2.75) is 33.6 Å². The molecule has 0 heterocycles. The van der Waals surface area contributed by atoms with Gasteiger partial charge >= 0.3 is 0 Å². The fraction of sp³-hybridized carbons (Fsp3) is 0.455. The molecule has 0 fully saturated rings. The molecule has 0 bridgehead atoms. The van der Waals surface area contributed by atoms with Crippen molar-refractivity contribution in [1.82, 2.24) is 0 Å². The average molecular weight is 168 g/mol. The third-order valence-electron chi connectivity index (χ3n) is 1.53. The Morgan fingerprint density at radius 1 is 1.08 bits per heavy atom. The van der Waals surface area contributed by atoms with Gasteiger partial charge in [-0.05, 0) is 17.5 Å². The van der Waals surface area contributed by atoms with Crippen LogP contribution in [-0.2, 0) is 0 Å². The van der Waals surface area contributed by atoms with Crippen LogP contribution in [0.5, 0.6) is 0 Å². The van der Waals surface area contributed by atoms with Gasteiger partial charge in [0.2, 0.25) is 0 Å². The standard InChI is InChI=1S/C9H11F.C2H6/c1-7(2)8-5-3-4-6-9(8)10;1-2/h3-7H,1-2H3;1-2H3. The Morgan fingerprint density at radius 3 is 1.92 bits per heavy atom. The van der Waals surface area contributed by atoms with Gasteiger partial charge in [-0.15, -0.1) is 0 Å². The molecule has 0 N–H and O–H groups in total. The largest absolute Gasteiger partial charge is 0.207 e. The third kappa shape index (κ3) is 3.04. The zero-order valence-corrected chi connectivity index (χ0v) is 8.26. The van der Waals surface area contributed by atoms with E-state index in [9.17, 15) is 4.39 Å². The summed E-state index contributed by atoms with van der Waals surface area (Å²) in [6.07, 6.45) is 0. The van der Waals surface area contributed by atoms with E-state index in [1.807, 2.05) is 39.8 Å². The summed E-state index contributed by atoms with van der Waals surface area (Å²) >= 11 is 0. The second kappa shape index (κ2) is 5.76. The maximum absolute atomic E-state index is 12.8. The van der Waals surface area contributed by atoms with Crippen LogP contribution in [-0.4, -0.2) is 0 Å². The molecular weight excluding hydrogens is 151 g/mol. The summed E-state index contributed by atoms with van der Waals surface area (Å²) in [6.45, 7) is 7.97. The minimum absolute atomic E-state index is 0.0995. The van der Waals surface area contributed by atoms with Gasteiger partial charge in [-0.1, -0.05) is 45.9 Å². The number of hydrogen-bond donors (Lipinski definition) is 0. The monoisotopic (exact) mass is 168 g/mol.